The van der Waals surface area contributed by atoms with E-state index in [0.717, 1.165) is 44.2 Å². The molecule has 0 unspecified atom stereocenters. The molecule has 2 heterocycles. The Balaban J connectivity index is 1.31. The Morgan fingerprint density at radius 3 is 2.31 bits per heavy atom. The maximum Gasteiger partial charge on any atom is 0.255 e. The predicted octanol–water partition coefficient (Wildman–Crippen LogP) is 4.09. The Hall–Kier alpha value is -3.18. The molecule has 148 valence electrons. The zero-order chi connectivity index (χ0) is 20.1. The molecule has 1 aromatic heterocycles. The van der Waals surface area contributed by atoms with Gasteiger partial charge in [0.25, 0.3) is 5.91 Å². The number of anilines is 2. The van der Waals surface area contributed by atoms with Crippen molar-refractivity contribution in [1.29, 1.82) is 0 Å². The van der Waals surface area contributed by atoms with Crippen LogP contribution in [-0.2, 0) is 6.54 Å². The molecule has 1 fully saturated rings. The van der Waals surface area contributed by atoms with Crippen molar-refractivity contribution in [3.63, 3.8) is 0 Å². The van der Waals surface area contributed by atoms with Crippen molar-refractivity contribution in [3.8, 4) is 0 Å². The minimum Gasteiger partial charge on any atom is -0.340 e. The van der Waals surface area contributed by atoms with Crippen molar-refractivity contribution in [2.75, 3.05) is 31.5 Å². The first-order valence-electron chi connectivity index (χ1n) is 10.0. The van der Waals surface area contributed by atoms with Crippen molar-refractivity contribution in [2.45, 2.75) is 13.5 Å². The number of rotatable bonds is 5. The van der Waals surface area contributed by atoms with Gasteiger partial charge < -0.3 is 10.2 Å². The molecule has 0 aliphatic carbocycles. The molecule has 1 aliphatic rings. The van der Waals surface area contributed by atoms with E-state index >= 15 is 0 Å². The average Bonchev–Trinajstić information content (AvgIpc) is 2.77. The zero-order valence-corrected chi connectivity index (χ0v) is 16.7. The molecule has 5 heteroatoms. The van der Waals surface area contributed by atoms with Gasteiger partial charge in [0.05, 0.1) is 5.56 Å². The summed E-state index contributed by atoms with van der Waals surface area (Å²) in [6.45, 7) is 6.26. The molecule has 3 aromatic rings. The minimum absolute atomic E-state index is 0.0544. The fourth-order valence-corrected chi connectivity index (χ4v) is 3.51. The molecule has 0 bridgehead atoms. The molecule has 0 radical (unpaired) electrons. The molecular weight excluding hydrogens is 360 g/mol. The normalized spacial score (nSPS) is 14.6. The van der Waals surface area contributed by atoms with E-state index in [4.69, 9.17) is 0 Å². The summed E-state index contributed by atoms with van der Waals surface area (Å²) in [6, 6.07) is 22.3. The number of aromatic nitrogens is 1. The standard InChI is InChI=1S/C24H26N4O/c1-19-7-10-22(11-8-19)26-23-12-9-21(17-25-23)24(29)28-15-13-27(14-16-28)18-20-5-3-2-4-6-20/h2-12,17H,13-16,18H2,1H3,(H,25,26). The van der Waals surface area contributed by atoms with Crippen LogP contribution in [0.1, 0.15) is 21.5 Å². The van der Waals surface area contributed by atoms with E-state index in [9.17, 15) is 4.79 Å². The molecule has 0 saturated carbocycles. The van der Waals surface area contributed by atoms with Gasteiger partial charge in [0.15, 0.2) is 0 Å². The Labute approximate surface area is 172 Å². The first-order valence-corrected chi connectivity index (χ1v) is 10.0. The third-order valence-electron chi connectivity index (χ3n) is 5.24. The Morgan fingerprint density at radius 2 is 1.66 bits per heavy atom. The second-order valence-corrected chi connectivity index (χ2v) is 7.48. The fourth-order valence-electron chi connectivity index (χ4n) is 3.51. The molecule has 2 aromatic carbocycles. The molecule has 0 spiro atoms. The third kappa shape index (κ3) is 5.00. The number of carbonyl (C=O) groups excluding carboxylic acids is 1. The lowest BCUT2D eigenvalue weighted by atomic mass is 10.2. The van der Waals surface area contributed by atoms with Gasteiger partial charge in [0.1, 0.15) is 5.82 Å². The monoisotopic (exact) mass is 386 g/mol. The van der Waals surface area contributed by atoms with Crippen LogP contribution in [-0.4, -0.2) is 46.9 Å². The molecule has 1 aliphatic heterocycles. The summed E-state index contributed by atoms with van der Waals surface area (Å²) in [4.78, 5) is 21.5. The number of aryl methyl sites for hydroxylation is 1. The highest BCUT2D eigenvalue weighted by atomic mass is 16.2. The van der Waals surface area contributed by atoms with Gasteiger partial charge in [-0.05, 0) is 36.8 Å². The first-order chi connectivity index (χ1) is 14.2. The lowest BCUT2D eigenvalue weighted by Crippen LogP contribution is -2.48. The molecule has 4 rings (SSSR count). The predicted molar refractivity (Wildman–Crippen MR) is 116 cm³/mol. The van der Waals surface area contributed by atoms with Gasteiger partial charge in [-0.25, -0.2) is 4.98 Å². The highest BCUT2D eigenvalue weighted by Gasteiger charge is 2.22. The highest BCUT2D eigenvalue weighted by molar-refractivity contribution is 5.94. The van der Waals surface area contributed by atoms with E-state index in [1.807, 2.05) is 35.2 Å². The van der Waals surface area contributed by atoms with E-state index in [2.05, 4.69) is 58.5 Å². The number of carbonyl (C=O) groups is 1. The number of benzene rings is 2. The summed E-state index contributed by atoms with van der Waals surface area (Å²) in [7, 11) is 0. The van der Waals surface area contributed by atoms with Crippen LogP contribution in [0, 0.1) is 6.92 Å². The maximum atomic E-state index is 12.8. The van der Waals surface area contributed by atoms with Crippen LogP contribution >= 0.6 is 0 Å². The summed E-state index contributed by atoms with van der Waals surface area (Å²) >= 11 is 0. The van der Waals surface area contributed by atoms with E-state index < -0.39 is 0 Å². The van der Waals surface area contributed by atoms with Crippen molar-refractivity contribution in [1.82, 2.24) is 14.8 Å². The average molecular weight is 386 g/mol. The maximum absolute atomic E-state index is 12.8. The quantitative estimate of drug-likeness (QED) is 0.717. The molecule has 1 N–H and O–H groups in total. The molecule has 0 atom stereocenters. The first kappa shape index (κ1) is 19.2. The minimum atomic E-state index is 0.0544. The zero-order valence-electron chi connectivity index (χ0n) is 16.7. The number of hydrogen-bond donors (Lipinski definition) is 1. The summed E-state index contributed by atoms with van der Waals surface area (Å²) in [6.07, 6.45) is 1.66. The van der Waals surface area contributed by atoms with E-state index in [-0.39, 0.29) is 5.91 Å². The number of nitrogens with zero attached hydrogens (tertiary/aromatic N) is 3. The van der Waals surface area contributed by atoms with Crippen LogP contribution in [0.5, 0.6) is 0 Å². The Kier molecular flexibility index (Phi) is 5.86. The van der Waals surface area contributed by atoms with Crippen LogP contribution < -0.4 is 5.32 Å². The van der Waals surface area contributed by atoms with Gasteiger partial charge in [-0.2, -0.15) is 0 Å². The third-order valence-corrected chi connectivity index (χ3v) is 5.24. The van der Waals surface area contributed by atoms with Crippen LogP contribution in [0.25, 0.3) is 0 Å². The lowest BCUT2D eigenvalue weighted by molar-refractivity contribution is 0.0628. The van der Waals surface area contributed by atoms with Crippen LogP contribution in [0.15, 0.2) is 72.9 Å². The SMILES string of the molecule is Cc1ccc(Nc2ccc(C(=O)N3CCN(Cc4ccccc4)CC3)cn2)cc1. The van der Waals surface area contributed by atoms with Crippen molar-refractivity contribution in [2.24, 2.45) is 0 Å². The second-order valence-electron chi connectivity index (χ2n) is 7.48. The molecule has 1 saturated heterocycles. The summed E-state index contributed by atoms with van der Waals surface area (Å²) in [5.41, 5.74) is 4.15. The van der Waals surface area contributed by atoms with Crippen LogP contribution in [0.2, 0.25) is 0 Å². The number of pyridine rings is 1. The van der Waals surface area contributed by atoms with Crippen molar-refractivity contribution >= 4 is 17.4 Å². The highest BCUT2D eigenvalue weighted by Crippen LogP contribution is 2.17. The number of hydrogen-bond acceptors (Lipinski definition) is 4. The summed E-state index contributed by atoms with van der Waals surface area (Å²) in [5, 5.41) is 3.26. The van der Waals surface area contributed by atoms with Crippen molar-refractivity contribution < 1.29 is 4.79 Å². The van der Waals surface area contributed by atoms with Gasteiger partial charge in [-0.3, -0.25) is 9.69 Å². The fraction of sp³-hybridized carbons (Fsp3) is 0.250. The molecule has 29 heavy (non-hydrogen) atoms. The number of nitrogens with one attached hydrogen (secondary N) is 1. The topological polar surface area (TPSA) is 48.5 Å². The van der Waals surface area contributed by atoms with Gasteiger partial charge >= 0.3 is 0 Å². The van der Waals surface area contributed by atoms with Gasteiger partial charge in [0, 0.05) is 44.6 Å². The lowest BCUT2D eigenvalue weighted by Gasteiger charge is -2.34. The van der Waals surface area contributed by atoms with Gasteiger partial charge in [-0.15, -0.1) is 0 Å². The van der Waals surface area contributed by atoms with Gasteiger partial charge in [0.2, 0.25) is 0 Å². The Morgan fingerprint density at radius 1 is 0.931 bits per heavy atom. The molecular formula is C24H26N4O. The number of piperazine rings is 1. The van der Waals surface area contributed by atoms with Gasteiger partial charge in [-0.1, -0.05) is 48.0 Å². The van der Waals surface area contributed by atoms with Crippen molar-refractivity contribution in [3.05, 3.63) is 89.6 Å². The van der Waals surface area contributed by atoms with E-state index in [1.54, 1.807) is 6.20 Å². The van der Waals surface area contributed by atoms with E-state index in [1.165, 1.54) is 11.1 Å². The Bertz CT molecular complexity index is 931. The van der Waals surface area contributed by atoms with Crippen LogP contribution in [0.4, 0.5) is 11.5 Å². The molecule has 1 amide bonds. The number of amides is 1. The largest absolute Gasteiger partial charge is 0.340 e. The van der Waals surface area contributed by atoms with Crippen LogP contribution in [0.3, 0.4) is 0 Å². The molecule has 5 nitrogen and oxygen atoms in total. The summed E-state index contributed by atoms with van der Waals surface area (Å²) < 4.78 is 0. The van der Waals surface area contributed by atoms with E-state index in [0.29, 0.717) is 5.56 Å². The second kappa shape index (κ2) is 8.88. The summed E-state index contributed by atoms with van der Waals surface area (Å²) in [5.74, 6) is 0.789. The smallest absolute Gasteiger partial charge is 0.255 e.